The lowest BCUT2D eigenvalue weighted by molar-refractivity contribution is -0.134. The van der Waals surface area contributed by atoms with E-state index in [-0.39, 0.29) is 43.4 Å². The van der Waals surface area contributed by atoms with Crippen molar-refractivity contribution in [3.05, 3.63) is 59.6 Å². The molecule has 1 fully saturated rings. The summed E-state index contributed by atoms with van der Waals surface area (Å²) < 4.78 is 30.2. The number of carbonyl (C=O) groups is 1. The zero-order valence-corrected chi connectivity index (χ0v) is 20.9. The first-order chi connectivity index (χ1) is 15.9. The molecule has 0 saturated carbocycles. The molecule has 34 heavy (non-hydrogen) atoms. The zero-order valence-electron chi connectivity index (χ0n) is 18.5. The number of benzene rings is 2. The highest BCUT2D eigenvalue weighted by molar-refractivity contribution is 7.93. The third-order valence-corrected chi connectivity index (χ3v) is 9.20. The monoisotopic (exact) mass is 523 g/mol. The summed E-state index contributed by atoms with van der Waals surface area (Å²) >= 11 is 1.56. The Morgan fingerprint density at radius 3 is 2.21 bits per heavy atom. The molecular formula is C23H26ClN3O5S2. The number of aryl methyl sites for hydroxylation is 1. The number of ether oxygens (including phenoxy) is 1. The van der Waals surface area contributed by atoms with Crippen molar-refractivity contribution in [2.24, 2.45) is 0 Å². The SMILES string of the molecule is CCc1csc(Nc2ccc(-c3ccc(S(=O)(=O)C4(C(=O)NO)CCOCC4)cc3)cc2)n1.Cl. The molecule has 8 nitrogen and oxygen atoms in total. The lowest BCUT2D eigenvalue weighted by Gasteiger charge is -2.34. The minimum absolute atomic E-state index is 0. The van der Waals surface area contributed by atoms with Gasteiger partial charge in [0, 0.05) is 24.3 Å². The summed E-state index contributed by atoms with van der Waals surface area (Å²) in [5.74, 6) is -0.927. The van der Waals surface area contributed by atoms with Crippen molar-refractivity contribution in [2.45, 2.75) is 35.8 Å². The van der Waals surface area contributed by atoms with Crippen molar-refractivity contribution >= 4 is 50.3 Å². The molecule has 3 aromatic rings. The summed E-state index contributed by atoms with van der Waals surface area (Å²) in [7, 11) is -4.04. The minimum Gasteiger partial charge on any atom is -0.381 e. The molecule has 0 aliphatic carbocycles. The Labute approximate surface area is 208 Å². The van der Waals surface area contributed by atoms with Gasteiger partial charge in [0.15, 0.2) is 19.7 Å². The van der Waals surface area contributed by atoms with Crippen LogP contribution in [0.2, 0.25) is 0 Å². The molecule has 182 valence electrons. The first-order valence-corrected chi connectivity index (χ1v) is 12.9. The third-order valence-electron chi connectivity index (χ3n) is 5.88. The molecule has 4 rings (SSSR count). The highest BCUT2D eigenvalue weighted by Gasteiger charge is 2.52. The van der Waals surface area contributed by atoms with E-state index in [1.54, 1.807) is 23.5 Å². The summed E-state index contributed by atoms with van der Waals surface area (Å²) in [5, 5.41) is 15.3. The van der Waals surface area contributed by atoms with E-state index in [0.717, 1.165) is 34.1 Å². The Hall–Kier alpha value is -2.50. The van der Waals surface area contributed by atoms with Crippen LogP contribution in [0.3, 0.4) is 0 Å². The number of thiazole rings is 1. The van der Waals surface area contributed by atoms with Crippen LogP contribution in [0.25, 0.3) is 11.1 Å². The smallest absolute Gasteiger partial charge is 0.265 e. The van der Waals surface area contributed by atoms with Gasteiger partial charge in [0.05, 0.1) is 10.6 Å². The van der Waals surface area contributed by atoms with Crippen LogP contribution >= 0.6 is 23.7 Å². The highest BCUT2D eigenvalue weighted by atomic mass is 35.5. The second kappa shape index (κ2) is 10.8. The van der Waals surface area contributed by atoms with Gasteiger partial charge in [-0.05, 0) is 54.7 Å². The molecule has 1 amide bonds. The second-order valence-electron chi connectivity index (χ2n) is 7.78. The van der Waals surface area contributed by atoms with E-state index in [9.17, 15) is 18.4 Å². The number of halogens is 1. The number of anilines is 2. The Kier molecular flexibility index (Phi) is 8.32. The largest absolute Gasteiger partial charge is 0.381 e. The summed E-state index contributed by atoms with van der Waals surface area (Å²) in [6, 6.07) is 14.2. The number of hydroxylamine groups is 1. The van der Waals surface area contributed by atoms with Crippen LogP contribution in [-0.4, -0.2) is 42.5 Å². The Bertz CT molecular complexity index is 1220. The predicted octanol–water partition coefficient (Wildman–Crippen LogP) is 4.37. The molecule has 3 N–H and O–H groups in total. The number of nitrogens with one attached hydrogen (secondary N) is 2. The van der Waals surface area contributed by atoms with Gasteiger partial charge in [0.25, 0.3) is 5.91 Å². The van der Waals surface area contributed by atoms with Gasteiger partial charge in [-0.2, -0.15) is 0 Å². The quantitative estimate of drug-likeness (QED) is 0.311. The topological polar surface area (TPSA) is 118 Å². The first-order valence-electron chi connectivity index (χ1n) is 10.6. The average molecular weight is 524 g/mol. The number of hydrogen-bond acceptors (Lipinski definition) is 8. The van der Waals surface area contributed by atoms with Crippen molar-refractivity contribution in [3.8, 4) is 11.1 Å². The van der Waals surface area contributed by atoms with Crippen LogP contribution in [-0.2, 0) is 25.8 Å². The van der Waals surface area contributed by atoms with E-state index in [4.69, 9.17) is 4.74 Å². The summed E-state index contributed by atoms with van der Waals surface area (Å²) in [6.07, 6.45) is 0.857. The first kappa shape index (κ1) is 26.1. The standard InChI is InChI=1S/C23H25N3O5S2.ClH/c1-2-18-15-32-22(24-18)25-19-7-3-16(4-8-19)17-5-9-20(10-6-17)33(29,30)23(21(27)26-28)11-13-31-14-12-23;/h3-10,15,28H,2,11-14H2,1H3,(H,24,25)(H,26,27);1H. The van der Waals surface area contributed by atoms with Crippen LogP contribution in [0.1, 0.15) is 25.5 Å². The molecule has 0 spiro atoms. The number of amides is 1. The van der Waals surface area contributed by atoms with Gasteiger partial charge in [0.1, 0.15) is 0 Å². The Morgan fingerprint density at radius 2 is 1.68 bits per heavy atom. The minimum atomic E-state index is -4.04. The molecule has 2 aromatic carbocycles. The zero-order chi connectivity index (χ0) is 23.5. The fraction of sp³-hybridized carbons (Fsp3) is 0.304. The third kappa shape index (κ3) is 4.96. The van der Waals surface area contributed by atoms with E-state index < -0.39 is 20.5 Å². The van der Waals surface area contributed by atoms with Gasteiger partial charge in [-0.3, -0.25) is 10.0 Å². The molecule has 0 unspecified atom stereocenters. The number of nitrogens with zero attached hydrogens (tertiary/aromatic N) is 1. The van der Waals surface area contributed by atoms with E-state index >= 15 is 0 Å². The van der Waals surface area contributed by atoms with Gasteiger partial charge in [-0.1, -0.05) is 31.2 Å². The van der Waals surface area contributed by atoms with Gasteiger partial charge in [-0.15, -0.1) is 23.7 Å². The molecule has 11 heteroatoms. The molecule has 1 saturated heterocycles. The van der Waals surface area contributed by atoms with Gasteiger partial charge < -0.3 is 10.1 Å². The highest BCUT2D eigenvalue weighted by Crippen LogP contribution is 2.36. The van der Waals surface area contributed by atoms with Crippen molar-refractivity contribution in [1.82, 2.24) is 10.5 Å². The Morgan fingerprint density at radius 1 is 1.09 bits per heavy atom. The van der Waals surface area contributed by atoms with Crippen LogP contribution in [0.5, 0.6) is 0 Å². The molecule has 2 heterocycles. The van der Waals surface area contributed by atoms with E-state index in [0.29, 0.717) is 0 Å². The van der Waals surface area contributed by atoms with Crippen LogP contribution < -0.4 is 10.8 Å². The number of rotatable bonds is 7. The van der Waals surface area contributed by atoms with Gasteiger partial charge >= 0.3 is 0 Å². The molecule has 0 bridgehead atoms. The van der Waals surface area contributed by atoms with E-state index in [2.05, 4.69) is 17.2 Å². The van der Waals surface area contributed by atoms with Crippen molar-refractivity contribution in [3.63, 3.8) is 0 Å². The lowest BCUT2D eigenvalue weighted by atomic mass is 9.98. The fourth-order valence-corrected chi connectivity index (χ4v) is 6.62. The van der Waals surface area contributed by atoms with Crippen LogP contribution in [0.15, 0.2) is 58.8 Å². The Balaban J connectivity index is 0.00000324. The molecule has 0 radical (unpaired) electrons. The normalized spacial score (nSPS) is 15.2. The van der Waals surface area contributed by atoms with E-state index in [1.165, 1.54) is 17.6 Å². The van der Waals surface area contributed by atoms with Gasteiger partial charge in [0.2, 0.25) is 0 Å². The average Bonchev–Trinajstić information content (AvgIpc) is 3.32. The molecule has 1 aliphatic heterocycles. The molecule has 1 aromatic heterocycles. The van der Waals surface area contributed by atoms with Gasteiger partial charge in [-0.25, -0.2) is 18.9 Å². The van der Waals surface area contributed by atoms with E-state index in [1.807, 2.05) is 29.6 Å². The van der Waals surface area contributed by atoms with Crippen molar-refractivity contribution in [1.29, 1.82) is 0 Å². The van der Waals surface area contributed by atoms with Crippen molar-refractivity contribution in [2.75, 3.05) is 18.5 Å². The fourth-order valence-electron chi connectivity index (χ4n) is 3.87. The summed E-state index contributed by atoms with van der Waals surface area (Å²) in [5.41, 5.74) is 5.26. The summed E-state index contributed by atoms with van der Waals surface area (Å²) in [6.45, 7) is 2.33. The molecular weight excluding hydrogens is 498 g/mol. The lowest BCUT2D eigenvalue weighted by Crippen LogP contribution is -2.54. The maximum Gasteiger partial charge on any atom is 0.265 e. The van der Waals surface area contributed by atoms with Crippen molar-refractivity contribution < 1.29 is 23.2 Å². The molecule has 1 aliphatic rings. The molecule has 0 atom stereocenters. The maximum atomic E-state index is 13.4. The maximum absolute atomic E-state index is 13.4. The number of sulfone groups is 1. The number of carbonyl (C=O) groups excluding carboxylic acids is 1. The number of aromatic nitrogens is 1. The van der Waals surface area contributed by atoms with Crippen LogP contribution in [0.4, 0.5) is 10.8 Å². The number of hydrogen-bond donors (Lipinski definition) is 3. The summed E-state index contributed by atoms with van der Waals surface area (Å²) in [4.78, 5) is 16.9. The van der Waals surface area contributed by atoms with Crippen LogP contribution in [0, 0.1) is 0 Å². The predicted molar refractivity (Wildman–Crippen MR) is 134 cm³/mol. The second-order valence-corrected chi connectivity index (χ2v) is 10.9.